The van der Waals surface area contributed by atoms with E-state index in [9.17, 15) is 10.4 Å². The van der Waals surface area contributed by atoms with Crippen LogP contribution >= 0.6 is 0 Å². The van der Waals surface area contributed by atoms with Gasteiger partial charge in [0.1, 0.15) is 0 Å². The average Bonchev–Trinajstić information content (AvgIpc) is 2.49. The van der Waals surface area contributed by atoms with Crippen molar-refractivity contribution in [2.45, 2.75) is 45.3 Å². The molecule has 0 aliphatic heterocycles. The van der Waals surface area contributed by atoms with Gasteiger partial charge in [-0.25, -0.2) is 0 Å². The van der Waals surface area contributed by atoms with Gasteiger partial charge in [0.2, 0.25) is 0 Å². The van der Waals surface area contributed by atoms with E-state index in [-0.39, 0.29) is 0 Å². The summed E-state index contributed by atoms with van der Waals surface area (Å²) in [6.07, 6.45) is 2.83. The van der Waals surface area contributed by atoms with Crippen LogP contribution in [0.25, 0.3) is 0 Å². The molecule has 1 unspecified atom stereocenters. The third kappa shape index (κ3) is 2.87. The summed E-state index contributed by atoms with van der Waals surface area (Å²) in [7, 11) is 1.64. The van der Waals surface area contributed by atoms with Crippen molar-refractivity contribution in [3.63, 3.8) is 0 Å². The van der Waals surface area contributed by atoms with Crippen molar-refractivity contribution in [2.24, 2.45) is 11.3 Å². The summed E-state index contributed by atoms with van der Waals surface area (Å²) in [5.41, 5.74) is 1.16. The zero-order valence-corrected chi connectivity index (χ0v) is 12.3. The molecule has 1 saturated carbocycles. The van der Waals surface area contributed by atoms with Crippen LogP contribution in [0.4, 0.5) is 0 Å². The van der Waals surface area contributed by atoms with Crippen molar-refractivity contribution >= 4 is 0 Å². The standard InChI is InChI=1S/C17H23NO2/c1-13-7-9-17(12-18,10-8-13)16(19)15-6-4-3-5-14(15)11-20-2/h3-6,13,16,19H,7-11H2,1-2H3. The Morgan fingerprint density at radius 2 is 2.05 bits per heavy atom. The lowest BCUT2D eigenvalue weighted by molar-refractivity contribution is 0.0248. The van der Waals surface area contributed by atoms with Crippen molar-refractivity contribution < 1.29 is 9.84 Å². The molecule has 1 N–H and O–H groups in total. The number of rotatable bonds is 4. The summed E-state index contributed by atoms with van der Waals surface area (Å²) in [6, 6.07) is 10.1. The lowest BCUT2D eigenvalue weighted by atomic mass is 9.66. The van der Waals surface area contributed by atoms with Crippen LogP contribution in [-0.2, 0) is 11.3 Å². The van der Waals surface area contributed by atoms with Crippen LogP contribution in [0, 0.1) is 22.7 Å². The molecule has 0 radical (unpaired) electrons. The number of benzene rings is 1. The Morgan fingerprint density at radius 3 is 2.65 bits per heavy atom. The van der Waals surface area contributed by atoms with Crippen LogP contribution < -0.4 is 0 Å². The first-order chi connectivity index (χ1) is 9.63. The molecule has 0 spiro atoms. The van der Waals surface area contributed by atoms with Crippen LogP contribution in [0.2, 0.25) is 0 Å². The first-order valence-electron chi connectivity index (χ1n) is 7.29. The van der Waals surface area contributed by atoms with E-state index in [1.807, 2.05) is 24.3 Å². The average molecular weight is 273 g/mol. The van der Waals surface area contributed by atoms with Gasteiger partial charge in [-0.3, -0.25) is 0 Å². The second-order valence-corrected chi connectivity index (χ2v) is 5.98. The number of ether oxygens (including phenoxy) is 1. The van der Waals surface area contributed by atoms with E-state index in [1.165, 1.54) is 0 Å². The van der Waals surface area contributed by atoms with Gasteiger partial charge in [0.05, 0.1) is 24.2 Å². The Kier molecular flexibility index (Phi) is 4.80. The van der Waals surface area contributed by atoms with E-state index >= 15 is 0 Å². The van der Waals surface area contributed by atoms with Gasteiger partial charge in [-0.1, -0.05) is 31.2 Å². The number of hydrogen-bond acceptors (Lipinski definition) is 3. The van der Waals surface area contributed by atoms with Gasteiger partial charge in [0.25, 0.3) is 0 Å². The molecule has 3 nitrogen and oxygen atoms in total. The second-order valence-electron chi connectivity index (χ2n) is 5.98. The lowest BCUT2D eigenvalue weighted by Crippen LogP contribution is -2.32. The molecule has 2 rings (SSSR count). The van der Waals surface area contributed by atoms with Crippen molar-refractivity contribution in [1.29, 1.82) is 5.26 Å². The number of aliphatic hydroxyl groups is 1. The summed E-state index contributed by atoms with van der Waals surface area (Å²) >= 11 is 0. The molecule has 20 heavy (non-hydrogen) atoms. The summed E-state index contributed by atoms with van der Waals surface area (Å²) in [5, 5.41) is 20.5. The van der Waals surface area contributed by atoms with Gasteiger partial charge in [-0.05, 0) is 42.7 Å². The maximum absolute atomic E-state index is 10.8. The maximum atomic E-state index is 10.8. The Labute approximate surface area is 121 Å². The highest BCUT2D eigenvalue weighted by molar-refractivity contribution is 5.31. The monoisotopic (exact) mass is 273 g/mol. The summed E-state index contributed by atoms with van der Waals surface area (Å²) in [5.74, 6) is 0.651. The lowest BCUT2D eigenvalue weighted by Gasteiger charge is -2.38. The van der Waals surface area contributed by atoms with Crippen molar-refractivity contribution in [3.05, 3.63) is 35.4 Å². The SMILES string of the molecule is COCc1ccccc1C(O)C1(C#N)CCC(C)CC1. The molecule has 1 aromatic carbocycles. The van der Waals surface area contributed by atoms with E-state index in [1.54, 1.807) is 7.11 Å². The minimum atomic E-state index is -0.730. The molecule has 1 fully saturated rings. The van der Waals surface area contributed by atoms with Crippen molar-refractivity contribution in [3.8, 4) is 6.07 Å². The predicted molar refractivity (Wildman–Crippen MR) is 77.8 cm³/mol. The zero-order valence-electron chi connectivity index (χ0n) is 12.3. The van der Waals surface area contributed by atoms with Crippen LogP contribution in [-0.4, -0.2) is 12.2 Å². The van der Waals surface area contributed by atoms with E-state index in [2.05, 4.69) is 13.0 Å². The number of hydrogen-bond donors (Lipinski definition) is 1. The van der Waals surface area contributed by atoms with Crippen LogP contribution in [0.5, 0.6) is 0 Å². The van der Waals surface area contributed by atoms with Gasteiger partial charge < -0.3 is 9.84 Å². The van der Waals surface area contributed by atoms with Gasteiger partial charge >= 0.3 is 0 Å². The second kappa shape index (κ2) is 6.39. The molecule has 1 aliphatic rings. The van der Waals surface area contributed by atoms with Crippen LogP contribution in [0.15, 0.2) is 24.3 Å². The fourth-order valence-electron chi connectivity index (χ4n) is 3.11. The van der Waals surface area contributed by atoms with E-state index in [0.717, 1.165) is 36.8 Å². The van der Waals surface area contributed by atoms with E-state index < -0.39 is 11.5 Å². The normalized spacial score (nSPS) is 27.8. The molecule has 0 aromatic heterocycles. The molecule has 0 saturated heterocycles. The number of methoxy groups -OCH3 is 1. The number of nitrogens with zero attached hydrogens (tertiary/aromatic N) is 1. The summed E-state index contributed by atoms with van der Waals surface area (Å²) < 4.78 is 5.20. The summed E-state index contributed by atoms with van der Waals surface area (Å²) in [4.78, 5) is 0. The Bertz CT molecular complexity index is 484. The van der Waals surface area contributed by atoms with E-state index in [4.69, 9.17) is 4.74 Å². The Hall–Kier alpha value is -1.37. The van der Waals surface area contributed by atoms with Gasteiger partial charge in [-0.2, -0.15) is 5.26 Å². The minimum Gasteiger partial charge on any atom is -0.387 e. The molecular formula is C17H23NO2. The first-order valence-corrected chi connectivity index (χ1v) is 7.29. The molecule has 108 valence electrons. The van der Waals surface area contributed by atoms with E-state index in [0.29, 0.717) is 12.5 Å². The maximum Gasteiger partial charge on any atom is 0.0979 e. The molecule has 3 heteroatoms. The number of nitriles is 1. The zero-order chi connectivity index (χ0) is 14.6. The van der Waals surface area contributed by atoms with Crippen LogP contribution in [0.1, 0.15) is 49.8 Å². The Balaban J connectivity index is 2.29. The third-order valence-electron chi connectivity index (χ3n) is 4.56. The highest BCUT2D eigenvalue weighted by atomic mass is 16.5. The fourth-order valence-corrected chi connectivity index (χ4v) is 3.11. The highest BCUT2D eigenvalue weighted by Gasteiger charge is 2.42. The topological polar surface area (TPSA) is 53.2 Å². The minimum absolute atomic E-state index is 0.463. The molecule has 1 aromatic rings. The molecular weight excluding hydrogens is 250 g/mol. The first kappa shape index (κ1) is 15.0. The molecule has 0 amide bonds. The smallest absolute Gasteiger partial charge is 0.0979 e. The molecule has 1 atom stereocenters. The number of aliphatic hydroxyl groups excluding tert-OH is 1. The van der Waals surface area contributed by atoms with Gasteiger partial charge in [-0.15, -0.1) is 0 Å². The third-order valence-corrected chi connectivity index (χ3v) is 4.56. The molecule has 0 heterocycles. The summed E-state index contributed by atoms with van der Waals surface area (Å²) in [6.45, 7) is 2.68. The predicted octanol–water partition coefficient (Wildman–Crippen LogP) is 3.59. The van der Waals surface area contributed by atoms with Gasteiger partial charge in [0, 0.05) is 7.11 Å². The quantitative estimate of drug-likeness (QED) is 0.912. The van der Waals surface area contributed by atoms with Crippen LogP contribution in [0.3, 0.4) is 0 Å². The van der Waals surface area contributed by atoms with Gasteiger partial charge in [0.15, 0.2) is 0 Å². The van der Waals surface area contributed by atoms with Crippen molar-refractivity contribution in [1.82, 2.24) is 0 Å². The molecule has 1 aliphatic carbocycles. The molecule has 0 bridgehead atoms. The Morgan fingerprint density at radius 1 is 1.40 bits per heavy atom. The highest BCUT2D eigenvalue weighted by Crippen LogP contribution is 2.47. The largest absolute Gasteiger partial charge is 0.387 e. The van der Waals surface area contributed by atoms with Crippen molar-refractivity contribution in [2.75, 3.05) is 7.11 Å². The fraction of sp³-hybridized carbons (Fsp3) is 0.588.